The molecule has 0 saturated heterocycles. The Hall–Kier alpha value is 0.220. The zero-order valence-corrected chi connectivity index (χ0v) is 9.33. The molecule has 6 heteroatoms. The lowest BCUT2D eigenvalue weighted by Crippen LogP contribution is -2.42. The van der Waals surface area contributed by atoms with Crippen LogP contribution < -0.4 is 9.86 Å². The first-order valence-corrected chi connectivity index (χ1v) is 7.17. The minimum atomic E-state index is -3.51. The highest BCUT2D eigenvalue weighted by Crippen LogP contribution is 2.26. The summed E-state index contributed by atoms with van der Waals surface area (Å²) in [6.07, 6.45) is 6.14. The van der Waals surface area contributed by atoms with Crippen LogP contribution in [-0.4, -0.2) is 26.0 Å². The van der Waals surface area contributed by atoms with Gasteiger partial charge in [-0.15, -0.1) is 0 Å². The molecule has 1 aliphatic carbocycles. The topological polar surface area (TPSA) is 72.2 Å². The third-order valence-electron chi connectivity index (χ3n) is 2.29. The summed E-state index contributed by atoms with van der Waals surface area (Å²) in [6, 6.07) is 0.0428. The zero-order chi connectivity index (χ0) is 9.90. The predicted molar refractivity (Wildman–Crippen MR) is 55.8 cm³/mol. The van der Waals surface area contributed by atoms with Gasteiger partial charge in [0, 0.05) is 11.3 Å². The van der Waals surface area contributed by atoms with Gasteiger partial charge in [-0.25, -0.2) is 5.14 Å². The van der Waals surface area contributed by atoms with Crippen molar-refractivity contribution in [2.75, 3.05) is 6.26 Å². The van der Waals surface area contributed by atoms with Crippen molar-refractivity contribution in [1.82, 2.24) is 4.72 Å². The van der Waals surface area contributed by atoms with E-state index in [0.717, 1.165) is 19.3 Å². The minimum Gasteiger partial charge on any atom is -0.216 e. The van der Waals surface area contributed by atoms with Crippen LogP contribution in [0.2, 0.25) is 0 Å². The van der Waals surface area contributed by atoms with Crippen LogP contribution in [0.15, 0.2) is 0 Å². The zero-order valence-electron chi connectivity index (χ0n) is 7.69. The number of hydrogen-bond acceptors (Lipinski definition) is 3. The highest BCUT2D eigenvalue weighted by molar-refractivity contribution is 7.99. The monoisotopic (exact) mass is 224 g/mol. The molecule has 1 rings (SSSR count). The van der Waals surface area contributed by atoms with Crippen LogP contribution in [0.25, 0.3) is 0 Å². The lowest BCUT2D eigenvalue weighted by molar-refractivity contribution is 0.421. The van der Waals surface area contributed by atoms with Crippen molar-refractivity contribution < 1.29 is 8.42 Å². The van der Waals surface area contributed by atoms with E-state index in [-0.39, 0.29) is 6.04 Å². The molecule has 0 amide bonds. The van der Waals surface area contributed by atoms with Gasteiger partial charge in [-0.2, -0.15) is 24.9 Å². The maximum atomic E-state index is 10.8. The number of hydrogen-bond donors (Lipinski definition) is 2. The van der Waals surface area contributed by atoms with Crippen LogP contribution in [0.3, 0.4) is 0 Å². The summed E-state index contributed by atoms with van der Waals surface area (Å²) in [5, 5.41) is 5.48. The molecule has 78 valence electrons. The van der Waals surface area contributed by atoms with Gasteiger partial charge in [0.2, 0.25) is 0 Å². The van der Waals surface area contributed by atoms with Crippen LogP contribution in [0.1, 0.15) is 25.7 Å². The Bertz CT molecular complexity index is 253. The summed E-state index contributed by atoms with van der Waals surface area (Å²) < 4.78 is 24.0. The molecule has 0 radical (unpaired) electrons. The highest BCUT2D eigenvalue weighted by atomic mass is 32.2. The maximum Gasteiger partial charge on any atom is 0.274 e. The Morgan fingerprint density at radius 2 is 2.15 bits per heavy atom. The van der Waals surface area contributed by atoms with E-state index in [0.29, 0.717) is 5.25 Å². The fraction of sp³-hybridized carbons (Fsp3) is 1.00. The molecule has 3 N–H and O–H groups in total. The quantitative estimate of drug-likeness (QED) is 0.731. The van der Waals surface area contributed by atoms with Crippen molar-refractivity contribution in [2.45, 2.75) is 37.0 Å². The Labute approximate surface area is 83.8 Å². The molecule has 1 saturated carbocycles. The number of thioether (sulfide) groups is 1. The Kier molecular flexibility index (Phi) is 4.03. The van der Waals surface area contributed by atoms with Crippen LogP contribution >= 0.6 is 11.8 Å². The third-order valence-corrected chi connectivity index (χ3v) is 4.05. The molecule has 2 unspecified atom stereocenters. The van der Waals surface area contributed by atoms with Crippen molar-refractivity contribution >= 4 is 22.0 Å². The standard InChI is InChI=1S/C7H16N2O2S2/c1-12-7-4-2-3-6(5-7)9-13(8,10)11/h6-7,9H,2-5H2,1H3,(H2,8,10,11). The second kappa shape index (κ2) is 4.63. The lowest BCUT2D eigenvalue weighted by atomic mass is 9.96. The normalized spacial score (nSPS) is 30.3. The Morgan fingerprint density at radius 1 is 1.46 bits per heavy atom. The maximum absolute atomic E-state index is 10.8. The number of nitrogens with one attached hydrogen (secondary N) is 1. The molecule has 0 aromatic carbocycles. The lowest BCUT2D eigenvalue weighted by Gasteiger charge is -2.27. The van der Waals surface area contributed by atoms with Crippen molar-refractivity contribution in [2.24, 2.45) is 5.14 Å². The number of nitrogens with two attached hydrogens (primary N) is 1. The van der Waals surface area contributed by atoms with E-state index >= 15 is 0 Å². The van der Waals surface area contributed by atoms with E-state index in [1.807, 2.05) is 0 Å². The molecular formula is C7H16N2O2S2. The van der Waals surface area contributed by atoms with Crippen molar-refractivity contribution in [3.05, 3.63) is 0 Å². The molecule has 2 atom stereocenters. The Balaban J connectivity index is 2.43. The van der Waals surface area contributed by atoms with E-state index in [2.05, 4.69) is 11.0 Å². The average Bonchev–Trinajstić information content (AvgIpc) is 2.01. The molecule has 0 aromatic rings. The van der Waals surface area contributed by atoms with Crippen LogP contribution in [0, 0.1) is 0 Å². The fourth-order valence-corrected chi connectivity index (χ4v) is 3.20. The SMILES string of the molecule is CSC1CCCC(NS(N)(=O)=O)C1. The molecule has 1 aliphatic rings. The summed E-state index contributed by atoms with van der Waals surface area (Å²) in [5.41, 5.74) is 0. The first kappa shape index (κ1) is 11.3. The van der Waals surface area contributed by atoms with Crippen molar-refractivity contribution in [3.63, 3.8) is 0 Å². The van der Waals surface area contributed by atoms with E-state index in [1.165, 1.54) is 6.42 Å². The van der Waals surface area contributed by atoms with Gasteiger partial charge in [0.1, 0.15) is 0 Å². The molecule has 0 heterocycles. The van der Waals surface area contributed by atoms with Crippen LogP contribution in [0.5, 0.6) is 0 Å². The highest BCUT2D eigenvalue weighted by Gasteiger charge is 2.23. The minimum absolute atomic E-state index is 0.0428. The van der Waals surface area contributed by atoms with Crippen LogP contribution in [-0.2, 0) is 10.2 Å². The third kappa shape index (κ3) is 4.30. The molecule has 0 aliphatic heterocycles. The van der Waals surface area contributed by atoms with E-state index in [1.54, 1.807) is 11.8 Å². The number of rotatable bonds is 3. The molecule has 1 fully saturated rings. The van der Waals surface area contributed by atoms with Crippen molar-refractivity contribution in [1.29, 1.82) is 0 Å². The molecule has 4 nitrogen and oxygen atoms in total. The molecule has 0 spiro atoms. The summed E-state index contributed by atoms with van der Waals surface area (Å²) in [6.45, 7) is 0. The predicted octanol–water partition coefficient (Wildman–Crippen LogP) is 0.454. The summed E-state index contributed by atoms with van der Waals surface area (Å²) in [7, 11) is -3.51. The molecule has 13 heavy (non-hydrogen) atoms. The molecule has 0 aromatic heterocycles. The smallest absolute Gasteiger partial charge is 0.216 e. The van der Waals surface area contributed by atoms with Crippen molar-refractivity contribution in [3.8, 4) is 0 Å². The van der Waals surface area contributed by atoms with Gasteiger partial charge in [0.25, 0.3) is 10.2 Å². The van der Waals surface area contributed by atoms with Gasteiger partial charge < -0.3 is 0 Å². The average molecular weight is 224 g/mol. The summed E-state index contributed by atoms with van der Waals surface area (Å²) >= 11 is 1.80. The van der Waals surface area contributed by atoms with Gasteiger partial charge in [-0.05, 0) is 25.5 Å². The van der Waals surface area contributed by atoms with E-state index < -0.39 is 10.2 Å². The second-order valence-electron chi connectivity index (χ2n) is 3.38. The van der Waals surface area contributed by atoms with Gasteiger partial charge >= 0.3 is 0 Å². The molecule has 0 bridgehead atoms. The summed E-state index contributed by atoms with van der Waals surface area (Å²) in [4.78, 5) is 0. The van der Waals surface area contributed by atoms with Gasteiger partial charge in [0.05, 0.1) is 0 Å². The van der Waals surface area contributed by atoms with E-state index in [9.17, 15) is 8.42 Å². The molecular weight excluding hydrogens is 208 g/mol. The van der Waals surface area contributed by atoms with Crippen LogP contribution in [0.4, 0.5) is 0 Å². The first-order valence-electron chi connectivity index (χ1n) is 4.34. The first-order chi connectivity index (χ1) is 6.01. The van der Waals surface area contributed by atoms with Gasteiger partial charge in [-0.1, -0.05) is 6.42 Å². The summed E-state index contributed by atoms with van der Waals surface area (Å²) in [5.74, 6) is 0. The second-order valence-corrected chi connectivity index (χ2v) is 5.85. The Morgan fingerprint density at radius 3 is 2.69 bits per heavy atom. The fourth-order valence-electron chi connectivity index (χ4n) is 1.70. The van der Waals surface area contributed by atoms with Gasteiger partial charge in [-0.3, -0.25) is 0 Å². The largest absolute Gasteiger partial charge is 0.274 e. The van der Waals surface area contributed by atoms with E-state index in [4.69, 9.17) is 5.14 Å². The van der Waals surface area contributed by atoms with Gasteiger partial charge in [0.15, 0.2) is 0 Å².